The molecule has 1 unspecified atom stereocenters. The van der Waals surface area contributed by atoms with Crippen LogP contribution in [0.2, 0.25) is 0 Å². The summed E-state index contributed by atoms with van der Waals surface area (Å²) in [5.41, 5.74) is -1.40. The van der Waals surface area contributed by atoms with Crippen LogP contribution in [-0.2, 0) is 6.18 Å². The van der Waals surface area contributed by atoms with Crippen molar-refractivity contribution in [1.29, 1.82) is 0 Å². The summed E-state index contributed by atoms with van der Waals surface area (Å²) in [7, 11) is 0. The highest BCUT2D eigenvalue weighted by atomic mass is 19.4. The minimum atomic E-state index is -4.64. The van der Waals surface area contributed by atoms with Gasteiger partial charge >= 0.3 is 6.18 Å². The number of hydrogen-bond acceptors (Lipinski definition) is 6. The van der Waals surface area contributed by atoms with Gasteiger partial charge in [-0.3, -0.25) is 24.5 Å². The van der Waals surface area contributed by atoms with Crippen LogP contribution >= 0.6 is 0 Å². The minimum Gasteiger partial charge on any atom is -0.352 e. The van der Waals surface area contributed by atoms with Gasteiger partial charge in [-0.2, -0.15) is 13.2 Å². The van der Waals surface area contributed by atoms with Crippen molar-refractivity contribution in [3.05, 3.63) is 147 Å². The number of para-hydroxylation sites is 1. The van der Waals surface area contributed by atoms with Crippen LogP contribution in [-0.4, -0.2) is 34.4 Å². The van der Waals surface area contributed by atoms with Gasteiger partial charge in [-0.25, -0.2) is 0 Å². The second-order valence-electron chi connectivity index (χ2n) is 11.1. The lowest BCUT2D eigenvalue weighted by Gasteiger charge is -2.37. The number of hydrogen-bond donors (Lipinski definition) is 0. The van der Waals surface area contributed by atoms with Crippen molar-refractivity contribution in [2.24, 2.45) is 5.41 Å². The molecular weight excluding hydrogens is 573 g/mol. The van der Waals surface area contributed by atoms with Gasteiger partial charge in [0.05, 0.1) is 16.5 Å². The van der Waals surface area contributed by atoms with Gasteiger partial charge in [0.2, 0.25) is 0 Å². The Kier molecular flexibility index (Phi) is 5.97. The summed E-state index contributed by atoms with van der Waals surface area (Å²) >= 11 is 0. The van der Waals surface area contributed by atoms with E-state index in [0.29, 0.717) is 11.3 Å². The number of halogens is 3. The smallest absolute Gasteiger partial charge is 0.352 e. The van der Waals surface area contributed by atoms with Crippen molar-refractivity contribution in [3.63, 3.8) is 0 Å². The first-order chi connectivity index (χ1) is 21.0. The second kappa shape index (κ2) is 9.57. The Labute approximate surface area is 248 Å². The number of Topliss-reactive ketones (excluding diaryl/α,β-unsaturated/α-hetero) is 3. The maximum absolute atomic E-state index is 14.6. The van der Waals surface area contributed by atoms with Crippen molar-refractivity contribution in [2.45, 2.75) is 24.2 Å². The fourth-order valence-electron chi connectivity index (χ4n) is 7.11. The molecule has 4 aromatic rings. The molecule has 3 aliphatic rings. The van der Waals surface area contributed by atoms with Gasteiger partial charge < -0.3 is 4.90 Å². The van der Waals surface area contributed by atoms with E-state index < -0.39 is 57.4 Å². The molecule has 10 heteroatoms. The molecule has 2 aliphatic heterocycles. The van der Waals surface area contributed by atoms with Gasteiger partial charge in [-0.1, -0.05) is 78.9 Å². The summed E-state index contributed by atoms with van der Waals surface area (Å²) in [4.78, 5) is 56.5. The number of nitro groups is 1. The molecule has 1 aliphatic carbocycles. The Morgan fingerprint density at radius 2 is 1.48 bits per heavy atom. The lowest BCUT2D eigenvalue weighted by Crippen LogP contribution is -2.48. The average molecular weight is 595 g/mol. The number of benzene rings is 4. The summed E-state index contributed by atoms with van der Waals surface area (Å²) in [5, 5.41) is 11.6. The van der Waals surface area contributed by atoms with Gasteiger partial charge in [-0.15, -0.1) is 0 Å². The number of non-ortho nitro benzene ring substituents is 1. The topological polar surface area (TPSA) is 97.6 Å². The Balaban J connectivity index is 1.53. The molecule has 7 rings (SSSR count). The number of carbonyl (C=O) groups excluding carboxylic acids is 3. The molecule has 1 fully saturated rings. The van der Waals surface area contributed by atoms with Crippen molar-refractivity contribution in [1.82, 2.24) is 0 Å². The van der Waals surface area contributed by atoms with Crippen LogP contribution < -0.4 is 4.90 Å². The molecule has 3 atom stereocenters. The van der Waals surface area contributed by atoms with E-state index in [1.165, 1.54) is 42.5 Å². The number of nitrogens with zero attached hydrogens (tertiary/aromatic N) is 2. The Bertz CT molecular complexity index is 1900. The maximum atomic E-state index is 14.6. The van der Waals surface area contributed by atoms with E-state index in [2.05, 4.69) is 0 Å². The summed E-state index contributed by atoms with van der Waals surface area (Å²) in [6, 6.07) is 20.5. The molecule has 44 heavy (non-hydrogen) atoms. The monoisotopic (exact) mass is 594 g/mol. The number of rotatable bonds is 4. The second-order valence-corrected chi connectivity index (χ2v) is 11.1. The molecular formula is C34H21F3N2O5. The average Bonchev–Trinajstić information content (AvgIpc) is 3.46. The summed E-state index contributed by atoms with van der Waals surface area (Å²) < 4.78 is 40.8. The van der Waals surface area contributed by atoms with Crippen molar-refractivity contribution < 1.29 is 32.5 Å². The van der Waals surface area contributed by atoms with E-state index in [1.807, 2.05) is 6.07 Å². The SMILES string of the molecule is O=C(c1cccc([N+](=O)[O-])c1)[C@H]1[C@H](c2ccc(C(F)(F)F)cc2)C2(C(=O)c3ccccc3C2=O)C2C=Cc3ccccc3N21. The summed E-state index contributed by atoms with van der Waals surface area (Å²) in [6.45, 7) is 0. The zero-order valence-corrected chi connectivity index (χ0v) is 22.7. The fourth-order valence-corrected chi connectivity index (χ4v) is 7.11. The Morgan fingerprint density at radius 1 is 0.841 bits per heavy atom. The summed E-state index contributed by atoms with van der Waals surface area (Å²) in [6.07, 6.45) is -1.17. The molecule has 1 saturated heterocycles. The van der Waals surface area contributed by atoms with Gasteiger partial charge in [0, 0.05) is 40.4 Å². The van der Waals surface area contributed by atoms with Crippen molar-refractivity contribution >= 4 is 34.8 Å². The third-order valence-corrected chi connectivity index (χ3v) is 8.92. The van der Waals surface area contributed by atoms with Crippen LogP contribution in [0, 0.1) is 15.5 Å². The third-order valence-electron chi connectivity index (χ3n) is 8.92. The van der Waals surface area contributed by atoms with Crippen LogP contribution in [0.25, 0.3) is 6.08 Å². The molecule has 0 radical (unpaired) electrons. The first-order valence-corrected chi connectivity index (χ1v) is 13.7. The summed E-state index contributed by atoms with van der Waals surface area (Å²) in [5.74, 6) is -2.92. The van der Waals surface area contributed by atoms with Gasteiger partial charge in [-0.05, 0) is 29.3 Å². The third kappa shape index (κ3) is 3.73. The Morgan fingerprint density at radius 3 is 2.11 bits per heavy atom. The molecule has 0 saturated carbocycles. The number of anilines is 1. The van der Waals surface area contributed by atoms with Crippen LogP contribution in [0.5, 0.6) is 0 Å². The van der Waals surface area contributed by atoms with Gasteiger partial charge in [0.1, 0.15) is 11.5 Å². The predicted molar refractivity (Wildman–Crippen MR) is 155 cm³/mol. The van der Waals surface area contributed by atoms with Crippen LogP contribution in [0.1, 0.15) is 53.7 Å². The van der Waals surface area contributed by atoms with E-state index in [9.17, 15) is 37.7 Å². The first-order valence-electron chi connectivity index (χ1n) is 13.7. The van der Waals surface area contributed by atoms with E-state index in [4.69, 9.17) is 0 Å². The molecule has 0 N–H and O–H groups in total. The number of nitro benzene ring substituents is 1. The highest BCUT2D eigenvalue weighted by Gasteiger charge is 2.71. The number of carbonyl (C=O) groups is 3. The van der Waals surface area contributed by atoms with E-state index in [-0.39, 0.29) is 27.9 Å². The van der Waals surface area contributed by atoms with E-state index in [0.717, 1.165) is 18.2 Å². The molecule has 2 heterocycles. The van der Waals surface area contributed by atoms with Crippen LogP contribution in [0.15, 0.2) is 103 Å². The number of alkyl halides is 3. The predicted octanol–water partition coefficient (Wildman–Crippen LogP) is 6.93. The molecule has 0 aromatic heterocycles. The van der Waals surface area contributed by atoms with E-state index in [1.54, 1.807) is 47.4 Å². The van der Waals surface area contributed by atoms with E-state index >= 15 is 0 Å². The standard InChI is InChI=1S/C34H21F3N2O5/c35-34(36,37)22-15-12-20(13-16-22)28-29(30(40)21-7-5-8-23(18-21)39(43)44)38-26-11-4-1-6-19(26)14-17-27(38)33(28)31(41)24-9-2-3-10-25(24)32(33)42/h1-18,27-29H/t27?,28-,29+/m0/s1. The molecule has 0 amide bonds. The number of fused-ring (bicyclic) bond motifs is 5. The lowest BCUT2D eigenvalue weighted by molar-refractivity contribution is -0.384. The Hall–Kier alpha value is -5.38. The lowest BCUT2D eigenvalue weighted by atomic mass is 9.64. The molecule has 7 nitrogen and oxygen atoms in total. The fraction of sp³-hybridized carbons (Fsp3) is 0.147. The zero-order chi connectivity index (χ0) is 31.0. The minimum absolute atomic E-state index is 0.0284. The maximum Gasteiger partial charge on any atom is 0.416 e. The molecule has 218 valence electrons. The quantitative estimate of drug-likeness (QED) is 0.110. The highest BCUT2D eigenvalue weighted by molar-refractivity contribution is 6.32. The zero-order valence-electron chi connectivity index (χ0n) is 22.7. The van der Waals surface area contributed by atoms with Crippen molar-refractivity contribution in [3.8, 4) is 0 Å². The molecule has 1 spiro atoms. The normalized spacial score (nSPS) is 21.2. The highest BCUT2D eigenvalue weighted by Crippen LogP contribution is 2.61. The molecule has 4 aromatic carbocycles. The van der Waals surface area contributed by atoms with Crippen LogP contribution in [0.3, 0.4) is 0 Å². The van der Waals surface area contributed by atoms with Gasteiger partial charge in [0.25, 0.3) is 5.69 Å². The van der Waals surface area contributed by atoms with Gasteiger partial charge in [0.15, 0.2) is 17.3 Å². The first kappa shape index (κ1) is 27.5. The van der Waals surface area contributed by atoms with Crippen molar-refractivity contribution in [2.75, 3.05) is 4.90 Å². The number of ketones is 3. The van der Waals surface area contributed by atoms with Crippen LogP contribution in [0.4, 0.5) is 24.5 Å². The largest absolute Gasteiger partial charge is 0.416 e. The molecule has 0 bridgehead atoms.